The van der Waals surface area contributed by atoms with Gasteiger partial charge in [0.1, 0.15) is 17.3 Å². The van der Waals surface area contributed by atoms with Gasteiger partial charge < -0.3 is 9.47 Å². The van der Waals surface area contributed by atoms with E-state index >= 15 is 0 Å². The summed E-state index contributed by atoms with van der Waals surface area (Å²) in [5.41, 5.74) is 1.23. The molecule has 0 saturated carbocycles. The van der Waals surface area contributed by atoms with Gasteiger partial charge in [-0.25, -0.2) is 4.39 Å². The Bertz CT molecular complexity index is 652. The van der Waals surface area contributed by atoms with E-state index in [2.05, 4.69) is 10.2 Å². The van der Waals surface area contributed by atoms with E-state index in [4.69, 9.17) is 9.47 Å². The van der Waals surface area contributed by atoms with Crippen molar-refractivity contribution in [2.75, 3.05) is 14.2 Å². The van der Waals surface area contributed by atoms with Crippen LogP contribution in [0.1, 0.15) is 11.1 Å². The summed E-state index contributed by atoms with van der Waals surface area (Å²) in [6, 6.07) is 11.9. The molecule has 0 amide bonds. The molecule has 21 heavy (non-hydrogen) atoms. The van der Waals surface area contributed by atoms with Gasteiger partial charge in [-0.1, -0.05) is 0 Å². The topological polar surface area (TPSA) is 43.2 Å². The molecule has 0 saturated heterocycles. The SMILES string of the molecule is COc1ccc(/C=N/N=C/c2ccc(OC)cc2F)cc1. The first-order chi connectivity index (χ1) is 10.2. The zero-order chi connectivity index (χ0) is 15.1. The summed E-state index contributed by atoms with van der Waals surface area (Å²) in [5.74, 6) is 0.833. The van der Waals surface area contributed by atoms with E-state index < -0.39 is 5.82 Å². The minimum absolute atomic E-state index is 0.350. The van der Waals surface area contributed by atoms with Gasteiger partial charge in [0, 0.05) is 11.6 Å². The fraction of sp³-hybridized carbons (Fsp3) is 0.125. The lowest BCUT2D eigenvalue weighted by molar-refractivity contribution is 0.411. The minimum atomic E-state index is -0.405. The molecule has 0 aliphatic heterocycles. The van der Waals surface area contributed by atoms with Crippen molar-refractivity contribution >= 4 is 12.4 Å². The van der Waals surface area contributed by atoms with Crippen LogP contribution in [-0.4, -0.2) is 26.6 Å². The molecule has 2 rings (SSSR count). The third-order valence-corrected chi connectivity index (χ3v) is 2.79. The van der Waals surface area contributed by atoms with E-state index in [1.165, 1.54) is 19.4 Å². The van der Waals surface area contributed by atoms with E-state index in [9.17, 15) is 4.39 Å². The van der Waals surface area contributed by atoms with Gasteiger partial charge in [-0.3, -0.25) is 0 Å². The molecule has 0 unspecified atom stereocenters. The van der Waals surface area contributed by atoms with Crippen LogP contribution >= 0.6 is 0 Å². The number of hydrogen-bond acceptors (Lipinski definition) is 4. The van der Waals surface area contributed by atoms with Crippen LogP contribution in [0.15, 0.2) is 52.7 Å². The Morgan fingerprint density at radius 3 is 2.10 bits per heavy atom. The fourth-order valence-corrected chi connectivity index (χ4v) is 1.63. The van der Waals surface area contributed by atoms with Crippen LogP contribution in [-0.2, 0) is 0 Å². The Labute approximate surface area is 122 Å². The second-order valence-electron chi connectivity index (χ2n) is 4.15. The van der Waals surface area contributed by atoms with Gasteiger partial charge in [0.05, 0.1) is 26.6 Å². The van der Waals surface area contributed by atoms with Crippen molar-refractivity contribution in [3.05, 3.63) is 59.4 Å². The quantitative estimate of drug-likeness (QED) is 0.625. The number of ether oxygens (including phenoxy) is 2. The number of methoxy groups -OCH3 is 2. The summed E-state index contributed by atoms with van der Waals surface area (Å²) < 4.78 is 23.6. The molecule has 108 valence electrons. The molecule has 0 fully saturated rings. The lowest BCUT2D eigenvalue weighted by Gasteiger charge is -2.00. The molecule has 2 aromatic carbocycles. The highest BCUT2D eigenvalue weighted by atomic mass is 19.1. The van der Waals surface area contributed by atoms with Crippen LogP contribution in [0, 0.1) is 5.82 Å². The highest BCUT2D eigenvalue weighted by molar-refractivity contribution is 5.83. The van der Waals surface area contributed by atoms with E-state index in [1.807, 2.05) is 24.3 Å². The van der Waals surface area contributed by atoms with Crippen LogP contribution in [0.3, 0.4) is 0 Å². The highest BCUT2D eigenvalue weighted by Gasteiger charge is 2.00. The first-order valence-corrected chi connectivity index (χ1v) is 6.27. The molecule has 0 aliphatic rings. The van der Waals surface area contributed by atoms with Crippen molar-refractivity contribution in [2.24, 2.45) is 10.2 Å². The number of rotatable bonds is 5. The van der Waals surface area contributed by atoms with Gasteiger partial charge in [-0.05, 0) is 42.0 Å². The van der Waals surface area contributed by atoms with E-state index in [1.54, 1.807) is 25.5 Å². The molecule has 0 atom stereocenters. The van der Waals surface area contributed by atoms with E-state index in [0.29, 0.717) is 11.3 Å². The van der Waals surface area contributed by atoms with E-state index in [0.717, 1.165) is 11.3 Å². The molecule has 0 aromatic heterocycles. The molecule has 0 bridgehead atoms. The van der Waals surface area contributed by atoms with Crippen molar-refractivity contribution in [1.82, 2.24) is 0 Å². The molecule has 0 aliphatic carbocycles. The monoisotopic (exact) mass is 286 g/mol. The van der Waals surface area contributed by atoms with E-state index in [-0.39, 0.29) is 0 Å². The van der Waals surface area contributed by atoms with Gasteiger partial charge in [0.2, 0.25) is 0 Å². The van der Waals surface area contributed by atoms with Gasteiger partial charge >= 0.3 is 0 Å². The molecule has 4 nitrogen and oxygen atoms in total. The average Bonchev–Trinajstić information content (AvgIpc) is 2.53. The van der Waals surface area contributed by atoms with Crippen molar-refractivity contribution < 1.29 is 13.9 Å². The molecule has 5 heteroatoms. The van der Waals surface area contributed by atoms with Crippen LogP contribution in [0.2, 0.25) is 0 Å². The Morgan fingerprint density at radius 1 is 0.857 bits per heavy atom. The van der Waals surface area contributed by atoms with Crippen LogP contribution in [0.4, 0.5) is 4.39 Å². The molecule has 0 radical (unpaired) electrons. The Morgan fingerprint density at radius 2 is 1.48 bits per heavy atom. The minimum Gasteiger partial charge on any atom is -0.497 e. The fourth-order valence-electron chi connectivity index (χ4n) is 1.63. The summed E-state index contributed by atoms with van der Waals surface area (Å²) in [4.78, 5) is 0. The Balaban J connectivity index is 2.02. The second kappa shape index (κ2) is 7.19. The van der Waals surface area contributed by atoms with Crippen molar-refractivity contribution in [1.29, 1.82) is 0 Å². The number of nitrogens with zero attached hydrogens (tertiary/aromatic N) is 2. The molecule has 0 heterocycles. The van der Waals surface area contributed by atoms with Gasteiger partial charge in [-0.2, -0.15) is 10.2 Å². The normalized spacial score (nSPS) is 11.2. The van der Waals surface area contributed by atoms with Gasteiger partial charge in [0.25, 0.3) is 0 Å². The van der Waals surface area contributed by atoms with Crippen molar-refractivity contribution in [3.63, 3.8) is 0 Å². The standard InChI is InChI=1S/C16H15FN2O2/c1-20-14-6-3-12(4-7-14)10-18-19-11-13-5-8-15(21-2)9-16(13)17/h3-11H,1-2H3/b18-10+,19-11+. The molecular weight excluding hydrogens is 271 g/mol. The lowest BCUT2D eigenvalue weighted by atomic mass is 10.2. The summed E-state index contributed by atoms with van der Waals surface area (Å²) in [6.07, 6.45) is 2.94. The highest BCUT2D eigenvalue weighted by Crippen LogP contribution is 2.14. The average molecular weight is 286 g/mol. The zero-order valence-electron chi connectivity index (χ0n) is 11.8. The zero-order valence-corrected chi connectivity index (χ0v) is 11.8. The predicted octanol–water partition coefficient (Wildman–Crippen LogP) is 3.30. The second-order valence-corrected chi connectivity index (χ2v) is 4.15. The number of benzene rings is 2. The first-order valence-electron chi connectivity index (χ1n) is 6.27. The first kappa shape index (κ1) is 14.7. The molecule has 2 aromatic rings. The maximum Gasteiger partial charge on any atom is 0.135 e. The summed E-state index contributed by atoms with van der Waals surface area (Å²) >= 11 is 0. The summed E-state index contributed by atoms with van der Waals surface area (Å²) in [5, 5.41) is 7.71. The lowest BCUT2D eigenvalue weighted by Crippen LogP contribution is -1.90. The maximum atomic E-state index is 13.6. The number of hydrogen-bond donors (Lipinski definition) is 0. The third kappa shape index (κ3) is 4.14. The third-order valence-electron chi connectivity index (χ3n) is 2.79. The van der Waals surface area contributed by atoms with Crippen LogP contribution in [0.25, 0.3) is 0 Å². The van der Waals surface area contributed by atoms with Crippen molar-refractivity contribution in [2.45, 2.75) is 0 Å². The number of halogens is 1. The largest absolute Gasteiger partial charge is 0.497 e. The molecular formula is C16H15FN2O2. The van der Waals surface area contributed by atoms with Gasteiger partial charge in [0.15, 0.2) is 0 Å². The van der Waals surface area contributed by atoms with Gasteiger partial charge in [-0.15, -0.1) is 0 Å². The Hall–Kier alpha value is -2.69. The van der Waals surface area contributed by atoms with Crippen molar-refractivity contribution in [3.8, 4) is 11.5 Å². The molecule has 0 N–H and O–H groups in total. The summed E-state index contributed by atoms with van der Waals surface area (Å²) in [6.45, 7) is 0. The smallest absolute Gasteiger partial charge is 0.135 e. The Kier molecular flexibility index (Phi) is 5.04. The maximum absolute atomic E-state index is 13.6. The van der Waals surface area contributed by atoms with Crippen LogP contribution in [0.5, 0.6) is 11.5 Å². The van der Waals surface area contributed by atoms with Crippen LogP contribution < -0.4 is 9.47 Å². The molecule has 0 spiro atoms. The predicted molar refractivity (Wildman–Crippen MR) is 81.1 cm³/mol. The summed E-state index contributed by atoms with van der Waals surface area (Å²) in [7, 11) is 3.10.